The van der Waals surface area contributed by atoms with Gasteiger partial charge < -0.3 is 14.6 Å². The molecule has 156 valence electrons. The number of hydrogen-bond donors (Lipinski definition) is 1. The monoisotopic (exact) mass is 412 g/mol. The van der Waals surface area contributed by atoms with E-state index in [-0.39, 0.29) is 35.5 Å². The minimum absolute atomic E-state index is 0.0520. The molecule has 29 heavy (non-hydrogen) atoms. The maximum atomic E-state index is 14.6. The molecule has 0 radical (unpaired) electrons. The molecule has 2 atom stereocenters. The molecule has 0 aliphatic heterocycles. The summed E-state index contributed by atoms with van der Waals surface area (Å²) in [6.45, 7) is 3.56. The second-order valence-electron chi connectivity index (χ2n) is 7.27. The Labute approximate surface area is 165 Å². The SMILES string of the molecule is CC(C)Oc1cc(-c2ccc(OCC3C[C@H]3C(=O)O)cc2)c(F)c(C(F)(F)F)c1. The number of ether oxygens (including phenoxy) is 2. The first kappa shape index (κ1) is 21.0. The Balaban J connectivity index is 1.82. The fourth-order valence-corrected chi connectivity index (χ4v) is 3.02. The van der Waals surface area contributed by atoms with Crippen LogP contribution in [0.15, 0.2) is 36.4 Å². The van der Waals surface area contributed by atoms with E-state index in [1.165, 1.54) is 30.3 Å². The Hall–Kier alpha value is -2.77. The van der Waals surface area contributed by atoms with Crippen molar-refractivity contribution in [2.24, 2.45) is 11.8 Å². The summed E-state index contributed by atoms with van der Waals surface area (Å²) in [5.41, 5.74) is -1.38. The third-order valence-corrected chi connectivity index (χ3v) is 4.59. The standard InChI is InChI=1S/C21H20F4O4/c1-11(2)29-15-8-16(19(22)18(9-15)21(23,24)25)12-3-5-14(6-4-12)28-10-13-7-17(13)20(26)27/h3-6,8-9,11,13,17H,7,10H2,1-2H3,(H,26,27)/t13?,17-/m1/s1. The Kier molecular flexibility index (Phi) is 5.73. The van der Waals surface area contributed by atoms with Crippen LogP contribution in [0.3, 0.4) is 0 Å². The highest BCUT2D eigenvalue weighted by Crippen LogP contribution is 2.40. The number of carboxylic acid groups (broad SMARTS) is 1. The first-order chi connectivity index (χ1) is 13.6. The third-order valence-electron chi connectivity index (χ3n) is 4.59. The molecule has 0 bridgehead atoms. The summed E-state index contributed by atoms with van der Waals surface area (Å²) >= 11 is 0. The van der Waals surface area contributed by atoms with Crippen molar-refractivity contribution in [2.75, 3.05) is 6.61 Å². The summed E-state index contributed by atoms with van der Waals surface area (Å²) in [4.78, 5) is 10.8. The molecule has 3 rings (SSSR count). The van der Waals surface area contributed by atoms with E-state index in [0.29, 0.717) is 18.2 Å². The molecule has 1 N–H and O–H groups in total. The van der Waals surface area contributed by atoms with Crippen LogP contribution in [-0.4, -0.2) is 23.8 Å². The number of carboxylic acids is 1. The first-order valence-corrected chi connectivity index (χ1v) is 9.09. The molecule has 0 amide bonds. The van der Waals surface area contributed by atoms with E-state index in [0.717, 1.165) is 0 Å². The van der Waals surface area contributed by atoms with Crippen molar-refractivity contribution < 1.29 is 36.9 Å². The van der Waals surface area contributed by atoms with Crippen molar-refractivity contribution in [1.29, 1.82) is 0 Å². The third kappa shape index (κ3) is 4.99. The van der Waals surface area contributed by atoms with Gasteiger partial charge in [-0.15, -0.1) is 0 Å². The molecule has 0 heterocycles. The number of rotatable bonds is 7. The van der Waals surface area contributed by atoms with E-state index in [9.17, 15) is 22.4 Å². The van der Waals surface area contributed by atoms with Crippen molar-refractivity contribution in [3.63, 3.8) is 0 Å². The summed E-state index contributed by atoms with van der Waals surface area (Å²) in [5.74, 6) is -2.32. The van der Waals surface area contributed by atoms with Crippen LogP contribution in [0.5, 0.6) is 11.5 Å². The normalized spacial score (nSPS) is 18.6. The Morgan fingerprint density at radius 3 is 2.34 bits per heavy atom. The number of carbonyl (C=O) groups is 1. The van der Waals surface area contributed by atoms with Gasteiger partial charge in [0.15, 0.2) is 0 Å². The van der Waals surface area contributed by atoms with Crippen LogP contribution in [0.4, 0.5) is 17.6 Å². The second-order valence-corrected chi connectivity index (χ2v) is 7.27. The molecular weight excluding hydrogens is 392 g/mol. The van der Waals surface area contributed by atoms with Gasteiger partial charge >= 0.3 is 12.1 Å². The molecule has 8 heteroatoms. The van der Waals surface area contributed by atoms with Crippen LogP contribution in [0.1, 0.15) is 25.8 Å². The fraction of sp³-hybridized carbons (Fsp3) is 0.381. The molecule has 0 aromatic heterocycles. The molecule has 1 saturated carbocycles. The number of hydrogen-bond acceptors (Lipinski definition) is 3. The smallest absolute Gasteiger partial charge is 0.419 e. The van der Waals surface area contributed by atoms with Crippen molar-refractivity contribution in [3.05, 3.63) is 47.8 Å². The lowest BCUT2D eigenvalue weighted by molar-refractivity contribution is -0.140. The van der Waals surface area contributed by atoms with Gasteiger partial charge in [0.2, 0.25) is 0 Å². The van der Waals surface area contributed by atoms with Gasteiger partial charge in [-0.1, -0.05) is 12.1 Å². The Morgan fingerprint density at radius 1 is 1.17 bits per heavy atom. The van der Waals surface area contributed by atoms with Gasteiger partial charge in [0.25, 0.3) is 0 Å². The zero-order chi connectivity index (χ0) is 21.3. The van der Waals surface area contributed by atoms with Gasteiger partial charge in [-0.25, -0.2) is 4.39 Å². The lowest BCUT2D eigenvalue weighted by Crippen LogP contribution is -2.12. The highest BCUT2D eigenvalue weighted by molar-refractivity contribution is 5.73. The minimum atomic E-state index is -4.86. The predicted molar refractivity (Wildman–Crippen MR) is 97.3 cm³/mol. The van der Waals surface area contributed by atoms with Crippen molar-refractivity contribution in [2.45, 2.75) is 32.5 Å². The van der Waals surface area contributed by atoms with Crippen molar-refractivity contribution in [3.8, 4) is 22.6 Å². The molecule has 0 spiro atoms. The Morgan fingerprint density at radius 2 is 1.83 bits per heavy atom. The molecule has 4 nitrogen and oxygen atoms in total. The summed E-state index contributed by atoms with van der Waals surface area (Å²) in [6, 6.07) is 7.82. The molecule has 1 fully saturated rings. The van der Waals surface area contributed by atoms with Gasteiger partial charge in [0.05, 0.1) is 24.2 Å². The maximum Gasteiger partial charge on any atom is 0.419 e. The quantitative estimate of drug-likeness (QED) is 0.619. The van der Waals surface area contributed by atoms with Crippen molar-refractivity contribution >= 4 is 5.97 Å². The van der Waals surface area contributed by atoms with Crippen molar-refractivity contribution in [1.82, 2.24) is 0 Å². The Bertz CT molecular complexity index is 891. The van der Waals surface area contributed by atoms with E-state index >= 15 is 0 Å². The van der Waals surface area contributed by atoms with E-state index in [2.05, 4.69) is 0 Å². The van der Waals surface area contributed by atoms with E-state index in [1.807, 2.05) is 0 Å². The van der Waals surface area contributed by atoms with Crippen LogP contribution in [0.25, 0.3) is 11.1 Å². The lowest BCUT2D eigenvalue weighted by atomic mass is 10.0. The van der Waals surface area contributed by atoms with Crippen LogP contribution in [-0.2, 0) is 11.0 Å². The highest BCUT2D eigenvalue weighted by atomic mass is 19.4. The molecule has 2 aromatic rings. The van der Waals surface area contributed by atoms with Gasteiger partial charge in [-0.2, -0.15) is 13.2 Å². The number of alkyl halides is 3. The van der Waals surface area contributed by atoms with Crippen LogP contribution in [0.2, 0.25) is 0 Å². The topological polar surface area (TPSA) is 55.8 Å². The zero-order valence-electron chi connectivity index (χ0n) is 15.8. The van der Waals surface area contributed by atoms with Crippen LogP contribution < -0.4 is 9.47 Å². The number of aliphatic carboxylic acids is 1. The summed E-state index contributed by atoms with van der Waals surface area (Å²) in [7, 11) is 0. The van der Waals surface area contributed by atoms with E-state index in [1.54, 1.807) is 13.8 Å². The largest absolute Gasteiger partial charge is 0.493 e. The maximum absolute atomic E-state index is 14.6. The molecular formula is C21H20F4O4. The average molecular weight is 412 g/mol. The fourth-order valence-electron chi connectivity index (χ4n) is 3.02. The van der Waals surface area contributed by atoms with Crippen LogP contribution >= 0.6 is 0 Å². The minimum Gasteiger partial charge on any atom is -0.493 e. The summed E-state index contributed by atoms with van der Waals surface area (Å²) < 4.78 is 65.2. The highest BCUT2D eigenvalue weighted by Gasteiger charge is 2.43. The molecule has 0 saturated heterocycles. The first-order valence-electron chi connectivity index (χ1n) is 9.09. The van der Waals surface area contributed by atoms with Crippen LogP contribution in [0, 0.1) is 17.7 Å². The lowest BCUT2D eigenvalue weighted by Gasteiger charge is -2.17. The predicted octanol–water partition coefficient (Wildman–Crippen LogP) is 5.40. The second kappa shape index (κ2) is 7.93. The molecule has 2 aromatic carbocycles. The summed E-state index contributed by atoms with van der Waals surface area (Å²) in [5, 5.41) is 8.88. The van der Waals surface area contributed by atoms with Gasteiger partial charge in [0.1, 0.15) is 17.3 Å². The van der Waals surface area contributed by atoms with Gasteiger partial charge in [-0.05, 0) is 50.1 Å². The van der Waals surface area contributed by atoms with E-state index in [4.69, 9.17) is 14.6 Å². The van der Waals surface area contributed by atoms with E-state index < -0.39 is 29.4 Å². The number of halogens is 4. The summed E-state index contributed by atoms with van der Waals surface area (Å²) in [6.07, 6.45) is -4.67. The van der Waals surface area contributed by atoms with Gasteiger partial charge in [-0.3, -0.25) is 4.79 Å². The molecule has 1 aliphatic rings. The zero-order valence-corrected chi connectivity index (χ0v) is 15.8. The molecule has 1 unspecified atom stereocenters. The number of benzene rings is 2. The molecule has 1 aliphatic carbocycles. The average Bonchev–Trinajstić information content (AvgIpc) is 3.40. The van der Waals surface area contributed by atoms with Gasteiger partial charge in [0, 0.05) is 11.5 Å².